The fraction of sp³-hybridized carbons (Fsp3) is 0.429. The highest BCUT2D eigenvalue weighted by molar-refractivity contribution is 6.03. The summed E-state index contributed by atoms with van der Waals surface area (Å²) >= 11 is 0. The molecule has 9 aromatic heterocycles. The summed E-state index contributed by atoms with van der Waals surface area (Å²) in [6.07, 6.45) is 20.2. The molecule has 9 N–H and O–H groups in total. The van der Waals surface area contributed by atoms with Crippen LogP contribution in [0.25, 0.3) is 16.9 Å². The average Bonchev–Trinajstić information content (AvgIpc) is 1.79. The number of nitrogens with zero attached hydrogens (tertiary/aromatic N) is 12. The number of carbonyl (C=O) groups excluding carboxylic acids is 3. The van der Waals surface area contributed by atoms with Crippen LogP contribution < -0.4 is 46.1 Å². The third-order valence-electron chi connectivity index (χ3n) is 16.5. The van der Waals surface area contributed by atoms with Crippen molar-refractivity contribution in [3.8, 4) is 17.6 Å². The summed E-state index contributed by atoms with van der Waals surface area (Å²) in [5, 5.41) is 61.7. The van der Waals surface area contributed by atoms with E-state index in [1.54, 1.807) is 130 Å². The number of aliphatic hydroxyl groups is 3. The largest absolute Gasteiger partial charge is 0.480 e. The first-order valence-corrected chi connectivity index (χ1v) is 30.4. The van der Waals surface area contributed by atoms with Crippen LogP contribution in [0.3, 0.4) is 0 Å². The van der Waals surface area contributed by atoms with Crippen LogP contribution in [-0.4, -0.2) is 152 Å². The average molecular weight is 1230 g/mol. The van der Waals surface area contributed by atoms with Gasteiger partial charge in [-0.25, -0.2) is 29.9 Å². The van der Waals surface area contributed by atoms with E-state index < -0.39 is 0 Å². The number of hydrogen-bond acceptors (Lipinski definition) is 24. The van der Waals surface area contributed by atoms with E-state index in [2.05, 4.69) is 77.1 Å². The molecule has 0 aliphatic heterocycles. The van der Waals surface area contributed by atoms with Crippen molar-refractivity contribution >= 4 is 86.3 Å². The predicted molar refractivity (Wildman–Crippen MR) is 341 cm³/mol. The van der Waals surface area contributed by atoms with Gasteiger partial charge in [0.2, 0.25) is 17.6 Å². The zero-order valence-electron chi connectivity index (χ0n) is 51.4. The number of nitrogens with one attached hydrogen (secondary N) is 6. The lowest BCUT2D eigenvalue weighted by atomic mass is 9.83. The van der Waals surface area contributed by atoms with Crippen molar-refractivity contribution in [3.05, 3.63) is 108 Å². The molecule has 3 fully saturated rings. The smallest absolute Gasteiger partial charge is 0.237 e. The molecule has 12 rings (SSSR count). The van der Waals surface area contributed by atoms with Gasteiger partial charge < -0.3 is 61.4 Å². The highest BCUT2D eigenvalue weighted by Crippen LogP contribution is 2.35. The number of Topliss-reactive ketones (excluding diaryl/α,β-unsaturated/α-hetero) is 3. The molecule has 9 heterocycles. The number of pyridine rings is 3. The fourth-order valence-corrected chi connectivity index (χ4v) is 12.0. The van der Waals surface area contributed by atoms with Crippen LogP contribution in [0, 0.1) is 17.8 Å². The van der Waals surface area contributed by atoms with Gasteiger partial charge in [-0.1, -0.05) is 19.3 Å². The first-order valence-electron chi connectivity index (χ1n) is 30.4. The number of aliphatic hydroxyl groups excluding tert-OH is 3. The molecule has 6 atom stereocenters. The summed E-state index contributed by atoms with van der Waals surface area (Å²) in [5.41, 5.74) is 4.89. The first-order chi connectivity index (χ1) is 43.8. The molecule has 3 aliphatic carbocycles. The molecule has 3 aliphatic rings. The minimum absolute atomic E-state index is 0.00485. The third-order valence-corrected chi connectivity index (χ3v) is 16.5. The lowest BCUT2D eigenvalue weighted by Gasteiger charge is -2.25. The van der Waals surface area contributed by atoms with E-state index >= 15 is 0 Å². The topological polar surface area (TPSA) is 341 Å². The lowest BCUT2D eigenvalue weighted by molar-refractivity contribution is 0.0813. The Morgan fingerprint density at radius 2 is 0.756 bits per heavy atom. The standard InChI is InChI=1S/3C21H26N6O3/c3*1-22-19-11-18(25-16-7-4-8-23-21(16)30-2)26-20-15(12-24-27(19)20)17(29)10-13-5-3-6-14(28)9-13/h3*4,7-8,11-14,22,28H,3,5-6,9-10H2,1-2H3,(H,25,26)/t13?,14-;2*13-,14-/m000/s1. The Balaban J connectivity index is 0.000000148. The number of carbonyl (C=O) groups is 3. The van der Waals surface area contributed by atoms with Crippen molar-refractivity contribution < 1.29 is 43.9 Å². The summed E-state index contributed by atoms with van der Waals surface area (Å²) in [4.78, 5) is 65.5. The zero-order chi connectivity index (χ0) is 63.3. The monoisotopic (exact) mass is 1230 g/mol. The van der Waals surface area contributed by atoms with Gasteiger partial charge in [0.15, 0.2) is 34.3 Å². The molecule has 27 nitrogen and oxygen atoms in total. The number of ether oxygens (including phenoxy) is 3. The van der Waals surface area contributed by atoms with Gasteiger partial charge in [-0.15, -0.1) is 0 Å². The number of fused-ring (bicyclic) bond motifs is 3. The maximum absolute atomic E-state index is 13.0. The quantitative estimate of drug-likeness (QED) is 0.0303. The van der Waals surface area contributed by atoms with Gasteiger partial charge >= 0.3 is 0 Å². The van der Waals surface area contributed by atoms with Crippen molar-refractivity contribution in [3.63, 3.8) is 0 Å². The van der Waals surface area contributed by atoms with E-state index in [-0.39, 0.29) is 53.4 Å². The number of ketones is 3. The molecule has 0 saturated heterocycles. The molecule has 0 radical (unpaired) electrons. The van der Waals surface area contributed by atoms with Crippen molar-refractivity contribution in [1.82, 2.24) is 58.7 Å². The second kappa shape index (κ2) is 29.6. The molecule has 27 heteroatoms. The maximum atomic E-state index is 13.0. The van der Waals surface area contributed by atoms with Gasteiger partial charge in [-0.05, 0) is 112 Å². The van der Waals surface area contributed by atoms with Gasteiger partial charge in [-0.2, -0.15) is 28.8 Å². The van der Waals surface area contributed by atoms with E-state index in [0.29, 0.717) is 142 Å². The van der Waals surface area contributed by atoms with E-state index in [0.717, 1.165) is 57.8 Å². The van der Waals surface area contributed by atoms with Crippen LogP contribution in [-0.2, 0) is 0 Å². The van der Waals surface area contributed by atoms with E-state index in [4.69, 9.17) is 14.2 Å². The lowest BCUT2D eigenvalue weighted by Crippen LogP contribution is -2.21. The van der Waals surface area contributed by atoms with Gasteiger partial charge in [0.05, 0.1) is 74.9 Å². The minimum atomic E-state index is -0.306. The predicted octanol–water partition coefficient (Wildman–Crippen LogP) is 9.13. The second-order valence-electron chi connectivity index (χ2n) is 22.7. The molecule has 0 aromatic carbocycles. The highest BCUT2D eigenvalue weighted by atomic mass is 16.5. The van der Waals surface area contributed by atoms with Crippen molar-refractivity contribution in [2.75, 3.05) is 74.4 Å². The summed E-state index contributed by atoms with van der Waals surface area (Å²) in [6.45, 7) is 0. The number of aromatic nitrogens is 12. The molecule has 1 unspecified atom stereocenters. The molecule has 0 amide bonds. The third kappa shape index (κ3) is 15.1. The highest BCUT2D eigenvalue weighted by Gasteiger charge is 2.29. The molecule has 9 aromatic rings. The Morgan fingerprint density at radius 3 is 1.01 bits per heavy atom. The van der Waals surface area contributed by atoms with Crippen LogP contribution in [0.2, 0.25) is 0 Å². The molecule has 0 spiro atoms. The van der Waals surface area contributed by atoms with Gasteiger partial charge in [0, 0.05) is 77.2 Å². The van der Waals surface area contributed by atoms with Crippen LogP contribution in [0.5, 0.6) is 17.6 Å². The van der Waals surface area contributed by atoms with Crippen LogP contribution in [0.1, 0.15) is 127 Å². The van der Waals surface area contributed by atoms with E-state index in [1.165, 1.54) is 0 Å². The normalized spacial score (nSPS) is 18.9. The van der Waals surface area contributed by atoms with E-state index in [9.17, 15) is 29.7 Å². The molecular formula is C63H78N18O9. The molecule has 3 saturated carbocycles. The number of rotatable bonds is 21. The zero-order valence-corrected chi connectivity index (χ0v) is 51.4. The van der Waals surface area contributed by atoms with Crippen LogP contribution in [0.15, 0.2) is 91.8 Å². The van der Waals surface area contributed by atoms with Crippen LogP contribution in [0.4, 0.5) is 52.0 Å². The van der Waals surface area contributed by atoms with Gasteiger partial charge in [-0.3, -0.25) is 14.4 Å². The van der Waals surface area contributed by atoms with Gasteiger partial charge in [0.25, 0.3) is 0 Å². The Bertz CT molecular complexity index is 3550. The summed E-state index contributed by atoms with van der Waals surface area (Å²) in [5.74, 6) is 5.62. The summed E-state index contributed by atoms with van der Waals surface area (Å²) in [7, 11) is 10.0. The Labute approximate surface area is 519 Å². The summed E-state index contributed by atoms with van der Waals surface area (Å²) in [6, 6.07) is 16.3. The Morgan fingerprint density at radius 1 is 0.467 bits per heavy atom. The maximum Gasteiger partial charge on any atom is 0.237 e. The van der Waals surface area contributed by atoms with Crippen molar-refractivity contribution in [2.24, 2.45) is 17.8 Å². The number of anilines is 9. The summed E-state index contributed by atoms with van der Waals surface area (Å²) < 4.78 is 20.7. The molecule has 90 heavy (non-hydrogen) atoms. The number of methoxy groups -OCH3 is 3. The van der Waals surface area contributed by atoms with Crippen LogP contribution >= 0.6 is 0 Å². The van der Waals surface area contributed by atoms with Crippen molar-refractivity contribution in [2.45, 2.75) is 115 Å². The molecular weight excluding hydrogens is 1150 g/mol. The second-order valence-corrected chi connectivity index (χ2v) is 22.7. The SMILES string of the molecule is CNc1cc(Nc2cccnc2OC)nc2c(C(=O)CC3CCC[C@H](O)C3)cnn12.CNc1cc(Nc2cccnc2OC)nc2c(C(=O)C[C@H]3CCC[C@H](O)C3)cnn12.CNc1cc(Nc2cccnc2OC)nc2c(C(=O)C[C@H]3CCC[C@H](O)C3)cnn12. The van der Waals surface area contributed by atoms with Gasteiger partial charge in [0.1, 0.15) is 52.0 Å². The fourth-order valence-electron chi connectivity index (χ4n) is 12.0. The number of hydrogen-bond donors (Lipinski definition) is 9. The van der Waals surface area contributed by atoms with Crippen molar-refractivity contribution in [1.29, 1.82) is 0 Å². The van der Waals surface area contributed by atoms with E-state index in [1.807, 2.05) is 18.2 Å². The molecule has 474 valence electrons. The Kier molecular flexibility index (Phi) is 20.9. The molecule has 0 bridgehead atoms. The minimum Gasteiger partial charge on any atom is -0.480 e. The first kappa shape index (κ1) is 63.4. The Hall–Kier alpha value is -9.60.